The Hall–Kier alpha value is -2.87. The topological polar surface area (TPSA) is 92.7 Å². The number of ether oxygens (including phenoxy) is 1. The van der Waals surface area contributed by atoms with Crippen molar-refractivity contribution in [3.05, 3.63) is 34.7 Å². The molecule has 0 unspecified atom stereocenters. The summed E-state index contributed by atoms with van der Waals surface area (Å²) in [7, 11) is 0. The van der Waals surface area contributed by atoms with E-state index in [0.29, 0.717) is 39.8 Å². The van der Waals surface area contributed by atoms with E-state index in [4.69, 9.17) is 4.74 Å². The fourth-order valence-electron chi connectivity index (χ4n) is 2.85. The molecule has 1 aromatic heterocycles. The second-order valence-electron chi connectivity index (χ2n) is 6.65. The number of nitrogens with zero attached hydrogens (tertiary/aromatic N) is 2. The molecule has 2 N–H and O–H groups in total. The van der Waals surface area contributed by atoms with Gasteiger partial charge >= 0.3 is 0 Å². The Labute approximate surface area is 166 Å². The number of thioether (sulfide) groups is 1. The van der Waals surface area contributed by atoms with Crippen molar-refractivity contribution in [1.29, 1.82) is 0 Å². The van der Waals surface area contributed by atoms with Gasteiger partial charge < -0.3 is 15.4 Å². The number of carbonyl (C=O) groups is 2. The van der Waals surface area contributed by atoms with Crippen molar-refractivity contribution in [2.75, 3.05) is 11.9 Å². The van der Waals surface area contributed by atoms with Crippen LogP contribution in [-0.2, 0) is 9.59 Å². The van der Waals surface area contributed by atoms with E-state index in [9.17, 15) is 9.59 Å². The summed E-state index contributed by atoms with van der Waals surface area (Å²) in [5, 5.41) is 7.45. The van der Waals surface area contributed by atoms with Gasteiger partial charge in [0.15, 0.2) is 5.17 Å². The van der Waals surface area contributed by atoms with E-state index in [0.717, 1.165) is 23.8 Å². The SMILES string of the molecule is CCOc1cc(NC(C)=O)nc2ccc(/C=C3\SC(NC4CC4)=NC3=O)cc12. The van der Waals surface area contributed by atoms with Gasteiger partial charge in [0.25, 0.3) is 5.91 Å². The first kappa shape index (κ1) is 18.5. The summed E-state index contributed by atoms with van der Waals surface area (Å²) in [4.78, 5) is 32.6. The number of benzene rings is 1. The molecule has 0 saturated heterocycles. The van der Waals surface area contributed by atoms with Crippen molar-refractivity contribution in [3.8, 4) is 5.75 Å². The maximum atomic E-state index is 12.2. The first-order valence-electron chi connectivity index (χ1n) is 9.16. The lowest BCUT2D eigenvalue weighted by Gasteiger charge is -2.11. The highest BCUT2D eigenvalue weighted by Crippen LogP contribution is 2.32. The number of pyridine rings is 1. The van der Waals surface area contributed by atoms with Gasteiger partial charge in [-0.05, 0) is 55.3 Å². The minimum atomic E-state index is -0.225. The van der Waals surface area contributed by atoms with Crippen molar-refractivity contribution in [1.82, 2.24) is 10.3 Å². The molecule has 144 valence electrons. The lowest BCUT2D eigenvalue weighted by Crippen LogP contribution is -2.20. The second-order valence-corrected chi connectivity index (χ2v) is 7.68. The Kier molecular flexibility index (Phi) is 5.04. The third kappa shape index (κ3) is 4.17. The molecule has 2 amide bonds. The number of amides is 2. The molecular weight excluding hydrogens is 376 g/mol. The molecule has 1 aromatic carbocycles. The van der Waals surface area contributed by atoms with Crippen LogP contribution in [-0.4, -0.2) is 34.6 Å². The van der Waals surface area contributed by atoms with Crippen LogP contribution in [0.25, 0.3) is 17.0 Å². The number of fused-ring (bicyclic) bond motifs is 1. The van der Waals surface area contributed by atoms with Gasteiger partial charge in [0, 0.05) is 24.4 Å². The van der Waals surface area contributed by atoms with E-state index in [-0.39, 0.29) is 11.8 Å². The molecule has 0 bridgehead atoms. The minimum absolute atomic E-state index is 0.192. The van der Waals surface area contributed by atoms with E-state index in [1.165, 1.54) is 18.7 Å². The molecule has 2 aliphatic rings. The number of carbonyl (C=O) groups excluding carboxylic acids is 2. The molecule has 0 radical (unpaired) electrons. The summed E-state index contributed by atoms with van der Waals surface area (Å²) in [6.07, 6.45) is 4.09. The maximum Gasteiger partial charge on any atom is 0.286 e. The molecule has 1 saturated carbocycles. The van der Waals surface area contributed by atoms with E-state index in [1.807, 2.05) is 31.2 Å². The van der Waals surface area contributed by atoms with Crippen molar-refractivity contribution < 1.29 is 14.3 Å². The fourth-order valence-corrected chi connectivity index (χ4v) is 3.74. The Morgan fingerprint density at radius 2 is 2.18 bits per heavy atom. The van der Waals surface area contributed by atoms with Crippen LogP contribution in [0.15, 0.2) is 34.2 Å². The van der Waals surface area contributed by atoms with Gasteiger partial charge in [-0.1, -0.05) is 6.07 Å². The Balaban J connectivity index is 1.64. The van der Waals surface area contributed by atoms with Gasteiger partial charge in [0.2, 0.25) is 5.91 Å². The standard InChI is InChI=1S/C20H20N4O3S/c1-3-27-16-10-18(21-11(2)25)23-15-7-4-12(8-14(15)16)9-17-19(26)24-20(28-17)22-13-5-6-13/h4,7-10,13H,3,5-6H2,1-2H3,(H,21,23,25)(H,22,24,26)/b17-9-. The van der Waals surface area contributed by atoms with E-state index in [2.05, 4.69) is 20.6 Å². The highest BCUT2D eigenvalue weighted by Gasteiger charge is 2.28. The number of hydrogen-bond acceptors (Lipinski definition) is 6. The molecule has 2 heterocycles. The van der Waals surface area contributed by atoms with E-state index in [1.54, 1.807) is 6.07 Å². The van der Waals surface area contributed by atoms with Gasteiger partial charge in [-0.25, -0.2) is 4.98 Å². The number of amidine groups is 1. The fraction of sp³-hybridized carbons (Fsp3) is 0.300. The molecule has 28 heavy (non-hydrogen) atoms. The number of aliphatic imine (C=N–C) groups is 1. The average Bonchev–Trinajstić information content (AvgIpc) is 3.38. The van der Waals surface area contributed by atoms with Crippen LogP contribution in [0.2, 0.25) is 0 Å². The van der Waals surface area contributed by atoms with Crippen LogP contribution >= 0.6 is 11.8 Å². The number of aromatic nitrogens is 1. The summed E-state index contributed by atoms with van der Waals surface area (Å²) in [5.41, 5.74) is 1.57. The van der Waals surface area contributed by atoms with Gasteiger partial charge in [0.1, 0.15) is 11.6 Å². The molecule has 0 atom stereocenters. The molecule has 1 aliphatic carbocycles. The molecule has 7 nitrogen and oxygen atoms in total. The Morgan fingerprint density at radius 1 is 1.36 bits per heavy atom. The summed E-state index contributed by atoms with van der Waals surface area (Å²) >= 11 is 1.37. The highest BCUT2D eigenvalue weighted by atomic mass is 32.2. The Bertz CT molecular complexity index is 1030. The second kappa shape index (κ2) is 7.63. The zero-order valence-corrected chi connectivity index (χ0v) is 16.4. The maximum absolute atomic E-state index is 12.2. The predicted molar refractivity (Wildman–Crippen MR) is 111 cm³/mol. The lowest BCUT2D eigenvalue weighted by molar-refractivity contribution is -0.114. The number of nitrogens with one attached hydrogen (secondary N) is 2. The monoisotopic (exact) mass is 396 g/mol. The van der Waals surface area contributed by atoms with Crippen molar-refractivity contribution in [3.63, 3.8) is 0 Å². The number of rotatable bonds is 5. The molecular formula is C20H20N4O3S. The lowest BCUT2D eigenvalue weighted by atomic mass is 10.1. The van der Waals surface area contributed by atoms with Gasteiger partial charge in [0.05, 0.1) is 17.0 Å². The van der Waals surface area contributed by atoms with Crippen LogP contribution in [0, 0.1) is 0 Å². The molecule has 0 spiro atoms. The quantitative estimate of drug-likeness (QED) is 0.753. The van der Waals surface area contributed by atoms with E-state index >= 15 is 0 Å². The Morgan fingerprint density at radius 3 is 2.89 bits per heavy atom. The van der Waals surface area contributed by atoms with Crippen LogP contribution in [0.3, 0.4) is 0 Å². The molecule has 1 aliphatic heterocycles. The van der Waals surface area contributed by atoms with Gasteiger partial charge in [-0.15, -0.1) is 0 Å². The minimum Gasteiger partial charge on any atom is -0.493 e. The summed E-state index contributed by atoms with van der Waals surface area (Å²) in [6, 6.07) is 7.83. The van der Waals surface area contributed by atoms with Crippen LogP contribution in [0.1, 0.15) is 32.3 Å². The summed E-state index contributed by atoms with van der Waals surface area (Å²) < 4.78 is 5.74. The largest absolute Gasteiger partial charge is 0.493 e. The molecule has 1 fully saturated rings. The van der Waals surface area contributed by atoms with Gasteiger partial charge in [-0.3, -0.25) is 9.59 Å². The zero-order chi connectivity index (χ0) is 19.7. The zero-order valence-electron chi connectivity index (χ0n) is 15.6. The molecule has 8 heteroatoms. The van der Waals surface area contributed by atoms with E-state index < -0.39 is 0 Å². The third-order valence-electron chi connectivity index (χ3n) is 4.22. The first-order valence-corrected chi connectivity index (χ1v) is 9.98. The highest BCUT2D eigenvalue weighted by molar-refractivity contribution is 8.18. The molecule has 4 rings (SSSR count). The normalized spacial score (nSPS) is 17.7. The predicted octanol–water partition coefficient (Wildman–Crippen LogP) is 3.31. The van der Waals surface area contributed by atoms with Crippen LogP contribution in [0.4, 0.5) is 5.82 Å². The average molecular weight is 396 g/mol. The van der Waals surface area contributed by atoms with Crippen molar-refractivity contribution in [2.24, 2.45) is 4.99 Å². The van der Waals surface area contributed by atoms with Crippen molar-refractivity contribution >= 4 is 51.5 Å². The van der Waals surface area contributed by atoms with Crippen molar-refractivity contribution in [2.45, 2.75) is 32.7 Å². The smallest absolute Gasteiger partial charge is 0.286 e. The summed E-state index contributed by atoms with van der Waals surface area (Å²) in [6.45, 7) is 3.82. The van der Waals surface area contributed by atoms with Crippen LogP contribution in [0.5, 0.6) is 5.75 Å². The number of hydrogen-bond donors (Lipinski definition) is 2. The first-order chi connectivity index (χ1) is 13.5. The third-order valence-corrected chi connectivity index (χ3v) is 5.14. The van der Waals surface area contributed by atoms with Gasteiger partial charge in [-0.2, -0.15) is 4.99 Å². The molecule has 2 aromatic rings. The van der Waals surface area contributed by atoms with Crippen LogP contribution < -0.4 is 15.4 Å². The summed E-state index contributed by atoms with van der Waals surface area (Å²) in [5.74, 6) is 0.662. The number of anilines is 1.